The fourth-order valence-electron chi connectivity index (χ4n) is 3.43. The maximum atomic E-state index is 6.49. The summed E-state index contributed by atoms with van der Waals surface area (Å²) in [6.45, 7) is 4.41. The van der Waals surface area contributed by atoms with E-state index in [0.717, 1.165) is 12.1 Å². The zero-order valence-electron chi connectivity index (χ0n) is 10.7. The molecular formula is C14H21N3. The lowest BCUT2D eigenvalue weighted by Crippen LogP contribution is -2.42. The SMILES string of the molecule is Cc1cc2c(cn1)[C@@H](N)C1(CCN(C)CC1)C2. The van der Waals surface area contributed by atoms with Crippen LogP contribution in [0, 0.1) is 12.3 Å². The van der Waals surface area contributed by atoms with Crippen molar-refractivity contribution in [2.24, 2.45) is 11.1 Å². The molecule has 1 aromatic rings. The van der Waals surface area contributed by atoms with Crippen molar-refractivity contribution in [3.05, 3.63) is 29.1 Å². The lowest BCUT2D eigenvalue weighted by molar-refractivity contribution is 0.106. The van der Waals surface area contributed by atoms with E-state index in [-0.39, 0.29) is 6.04 Å². The number of likely N-dealkylation sites (tertiary alicyclic amines) is 1. The highest BCUT2D eigenvalue weighted by molar-refractivity contribution is 5.37. The van der Waals surface area contributed by atoms with Gasteiger partial charge in [0.2, 0.25) is 0 Å². The first-order chi connectivity index (χ1) is 8.11. The predicted octanol–water partition coefficient (Wildman–Crippen LogP) is 1.66. The number of aryl methyl sites for hydroxylation is 1. The Balaban J connectivity index is 1.92. The monoisotopic (exact) mass is 231 g/mol. The maximum absolute atomic E-state index is 6.49. The third kappa shape index (κ3) is 1.69. The molecule has 1 aromatic heterocycles. The van der Waals surface area contributed by atoms with Gasteiger partial charge < -0.3 is 10.6 Å². The molecule has 0 unspecified atom stereocenters. The van der Waals surface area contributed by atoms with Crippen molar-refractivity contribution in [3.8, 4) is 0 Å². The van der Waals surface area contributed by atoms with E-state index < -0.39 is 0 Å². The fourth-order valence-corrected chi connectivity index (χ4v) is 3.43. The number of rotatable bonds is 0. The van der Waals surface area contributed by atoms with Crippen molar-refractivity contribution in [3.63, 3.8) is 0 Å². The van der Waals surface area contributed by atoms with Crippen LogP contribution < -0.4 is 5.73 Å². The summed E-state index contributed by atoms with van der Waals surface area (Å²) in [7, 11) is 2.20. The Hall–Kier alpha value is -0.930. The topological polar surface area (TPSA) is 42.1 Å². The quantitative estimate of drug-likeness (QED) is 0.738. The van der Waals surface area contributed by atoms with Crippen LogP contribution in [0.5, 0.6) is 0 Å². The molecule has 2 heterocycles. The summed E-state index contributed by atoms with van der Waals surface area (Å²) in [4.78, 5) is 6.81. The summed E-state index contributed by atoms with van der Waals surface area (Å²) in [5, 5.41) is 0. The van der Waals surface area contributed by atoms with Gasteiger partial charge in [0.1, 0.15) is 0 Å². The summed E-state index contributed by atoms with van der Waals surface area (Å²) >= 11 is 0. The largest absolute Gasteiger partial charge is 0.323 e. The smallest absolute Gasteiger partial charge is 0.0375 e. The first-order valence-electron chi connectivity index (χ1n) is 6.50. The van der Waals surface area contributed by atoms with E-state index >= 15 is 0 Å². The standard InChI is InChI=1S/C14H21N3/c1-10-7-11-8-14(3-5-17(2)6-4-14)13(15)12(11)9-16-10/h7,9,13H,3-6,8,15H2,1-2H3/t13-/m1/s1. The van der Waals surface area contributed by atoms with E-state index in [1.165, 1.54) is 37.1 Å². The first-order valence-corrected chi connectivity index (χ1v) is 6.50. The molecule has 92 valence electrons. The van der Waals surface area contributed by atoms with Gasteiger partial charge in [-0.3, -0.25) is 4.98 Å². The fraction of sp³-hybridized carbons (Fsp3) is 0.643. The second-order valence-corrected chi connectivity index (χ2v) is 5.84. The highest BCUT2D eigenvalue weighted by atomic mass is 15.1. The van der Waals surface area contributed by atoms with E-state index in [9.17, 15) is 0 Å². The van der Waals surface area contributed by atoms with Gasteiger partial charge in [-0.2, -0.15) is 0 Å². The molecule has 3 rings (SSSR count). The number of fused-ring (bicyclic) bond motifs is 1. The summed E-state index contributed by atoms with van der Waals surface area (Å²) in [6, 6.07) is 2.42. The molecule has 0 amide bonds. The van der Waals surface area contributed by atoms with Gasteiger partial charge in [-0.1, -0.05) is 0 Å². The average molecular weight is 231 g/mol. The Labute approximate surface area is 103 Å². The first kappa shape index (κ1) is 11.2. The van der Waals surface area contributed by atoms with Crippen molar-refractivity contribution in [1.29, 1.82) is 0 Å². The highest BCUT2D eigenvalue weighted by Crippen LogP contribution is 2.50. The molecule has 1 aliphatic heterocycles. The molecular weight excluding hydrogens is 210 g/mol. The Bertz CT molecular complexity index is 433. The molecule has 1 spiro atoms. The lowest BCUT2D eigenvalue weighted by atomic mass is 9.73. The van der Waals surface area contributed by atoms with Gasteiger partial charge in [0.15, 0.2) is 0 Å². The number of piperidine rings is 1. The number of nitrogens with two attached hydrogens (primary N) is 1. The van der Waals surface area contributed by atoms with Crippen molar-refractivity contribution < 1.29 is 0 Å². The minimum atomic E-state index is 0.194. The van der Waals surface area contributed by atoms with Gasteiger partial charge >= 0.3 is 0 Å². The van der Waals surface area contributed by atoms with Crippen molar-refractivity contribution in [1.82, 2.24) is 9.88 Å². The zero-order valence-corrected chi connectivity index (χ0v) is 10.7. The Morgan fingerprint density at radius 3 is 2.82 bits per heavy atom. The van der Waals surface area contributed by atoms with E-state index in [4.69, 9.17) is 5.73 Å². The number of nitrogens with zero attached hydrogens (tertiary/aromatic N) is 2. The number of hydrogen-bond donors (Lipinski definition) is 1. The van der Waals surface area contributed by atoms with E-state index in [0.29, 0.717) is 5.41 Å². The second kappa shape index (κ2) is 3.79. The van der Waals surface area contributed by atoms with E-state index in [1.54, 1.807) is 0 Å². The van der Waals surface area contributed by atoms with Crippen LogP contribution in [-0.2, 0) is 6.42 Å². The average Bonchev–Trinajstić information content (AvgIpc) is 2.57. The van der Waals surface area contributed by atoms with Crippen LogP contribution in [-0.4, -0.2) is 30.0 Å². The van der Waals surface area contributed by atoms with Crippen LogP contribution in [0.25, 0.3) is 0 Å². The van der Waals surface area contributed by atoms with Gasteiger partial charge in [-0.05, 0) is 68.9 Å². The van der Waals surface area contributed by atoms with Crippen LogP contribution in [0.4, 0.5) is 0 Å². The van der Waals surface area contributed by atoms with Crippen molar-refractivity contribution in [2.45, 2.75) is 32.2 Å². The molecule has 17 heavy (non-hydrogen) atoms. The molecule has 1 saturated heterocycles. The number of aromatic nitrogens is 1. The van der Waals surface area contributed by atoms with Crippen LogP contribution in [0.15, 0.2) is 12.3 Å². The van der Waals surface area contributed by atoms with E-state index in [1.807, 2.05) is 6.20 Å². The second-order valence-electron chi connectivity index (χ2n) is 5.84. The van der Waals surface area contributed by atoms with Gasteiger partial charge in [0, 0.05) is 17.9 Å². The summed E-state index contributed by atoms with van der Waals surface area (Å²) in [5.74, 6) is 0. The minimum absolute atomic E-state index is 0.194. The molecule has 0 radical (unpaired) electrons. The zero-order chi connectivity index (χ0) is 12.0. The van der Waals surface area contributed by atoms with Gasteiger partial charge in [0.25, 0.3) is 0 Å². The number of hydrogen-bond acceptors (Lipinski definition) is 3. The van der Waals surface area contributed by atoms with Crippen LogP contribution in [0.3, 0.4) is 0 Å². The van der Waals surface area contributed by atoms with E-state index in [2.05, 4.69) is 29.9 Å². The molecule has 0 aromatic carbocycles. The number of pyridine rings is 1. The molecule has 0 saturated carbocycles. The minimum Gasteiger partial charge on any atom is -0.323 e. The Morgan fingerprint density at radius 2 is 2.12 bits per heavy atom. The molecule has 3 heteroatoms. The molecule has 1 aliphatic carbocycles. The molecule has 2 N–H and O–H groups in total. The van der Waals surface area contributed by atoms with Crippen LogP contribution in [0.2, 0.25) is 0 Å². The predicted molar refractivity (Wildman–Crippen MR) is 68.8 cm³/mol. The van der Waals surface area contributed by atoms with Gasteiger partial charge in [-0.25, -0.2) is 0 Å². The highest BCUT2D eigenvalue weighted by Gasteiger charge is 2.45. The van der Waals surface area contributed by atoms with Crippen LogP contribution >= 0.6 is 0 Å². The van der Waals surface area contributed by atoms with Gasteiger partial charge in [-0.15, -0.1) is 0 Å². The molecule has 3 nitrogen and oxygen atoms in total. The molecule has 0 bridgehead atoms. The van der Waals surface area contributed by atoms with Crippen molar-refractivity contribution in [2.75, 3.05) is 20.1 Å². The van der Waals surface area contributed by atoms with Gasteiger partial charge in [0.05, 0.1) is 0 Å². The third-order valence-corrected chi connectivity index (χ3v) is 4.68. The Kier molecular flexibility index (Phi) is 2.49. The maximum Gasteiger partial charge on any atom is 0.0375 e. The Morgan fingerprint density at radius 1 is 1.41 bits per heavy atom. The molecule has 2 aliphatic rings. The van der Waals surface area contributed by atoms with Crippen molar-refractivity contribution >= 4 is 0 Å². The normalized spacial score (nSPS) is 27.4. The lowest BCUT2D eigenvalue weighted by Gasteiger charge is -2.40. The third-order valence-electron chi connectivity index (χ3n) is 4.68. The summed E-state index contributed by atoms with van der Waals surface area (Å²) in [6.07, 6.45) is 5.60. The molecule has 1 fully saturated rings. The molecule has 1 atom stereocenters. The summed E-state index contributed by atoms with van der Waals surface area (Å²) < 4.78 is 0. The van der Waals surface area contributed by atoms with Crippen LogP contribution in [0.1, 0.15) is 35.7 Å². The summed E-state index contributed by atoms with van der Waals surface area (Å²) in [5.41, 5.74) is 10.6.